The van der Waals surface area contributed by atoms with E-state index in [0.717, 1.165) is 25.9 Å². The Hall–Kier alpha value is -2.44. The molecule has 0 spiro atoms. The van der Waals surface area contributed by atoms with Gasteiger partial charge in [0.2, 0.25) is 0 Å². The molecule has 0 bridgehead atoms. The maximum Gasteiger partial charge on any atom is 0.251 e. The molecule has 0 unspecified atom stereocenters. The van der Waals surface area contributed by atoms with E-state index in [2.05, 4.69) is 22.4 Å². The van der Waals surface area contributed by atoms with Crippen LogP contribution in [0.5, 0.6) is 0 Å². The van der Waals surface area contributed by atoms with Crippen molar-refractivity contribution in [2.45, 2.75) is 31.7 Å². The van der Waals surface area contributed by atoms with Crippen LogP contribution in [0.15, 0.2) is 24.3 Å². The summed E-state index contributed by atoms with van der Waals surface area (Å²) in [7, 11) is 0. The molecule has 1 aromatic rings. The normalized spacial score (nSPS) is 16.8. The fourth-order valence-corrected chi connectivity index (χ4v) is 2.88. The summed E-state index contributed by atoms with van der Waals surface area (Å²) in [5.74, 6) is -0.657. The van der Waals surface area contributed by atoms with Crippen molar-refractivity contribution in [1.29, 1.82) is 10.5 Å². The van der Waals surface area contributed by atoms with Gasteiger partial charge in [-0.3, -0.25) is 4.79 Å². The van der Waals surface area contributed by atoms with Gasteiger partial charge in [0.1, 0.15) is 5.82 Å². The van der Waals surface area contributed by atoms with Crippen molar-refractivity contribution in [3.8, 4) is 12.1 Å². The van der Waals surface area contributed by atoms with Gasteiger partial charge in [0.05, 0.1) is 18.1 Å². The molecule has 1 aromatic carbocycles. The van der Waals surface area contributed by atoms with E-state index in [1.165, 1.54) is 24.3 Å². The van der Waals surface area contributed by atoms with E-state index in [4.69, 9.17) is 10.5 Å². The SMILES string of the molecule is N#CCC[C@@H](C#N)CN1CCC(NC(=O)c2ccc(F)cc2)CC1. The Labute approximate surface area is 141 Å². The zero-order chi connectivity index (χ0) is 17.4. The van der Waals surface area contributed by atoms with Crippen molar-refractivity contribution in [3.05, 3.63) is 35.6 Å². The number of nitrogens with zero attached hydrogens (tertiary/aromatic N) is 3. The van der Waals surface area contributed by atoms with Gasteiger partial charge < -0.3 is 10.2 Å². The second-order valence-electron chi connectivity index (χ2n) is 6.08. The van der Waals surface area contributed by atoms with Gasteiger partial charge in [-0.05, 0) is 43.5 Å². The minimum atomic E-state index is -0.358. The Bertz CT molecular complexity index is 624. The van der Waals surface area contributed by atoms with E-state index in [9.17, 15) is 9.18 Å². The Balaban J connectivity index is 1.76. The zero-order valence-electron chi connectivity index (χ0n) is 13.5. The summed E-state index contributed by atoms with van der Waals surface area (Å²) in [4.78, 5) is 14.3. The second kappa shape index (κ2) is 9.00. The number of carbonyl (C=O) groups excluding carboxylic acids is 1. The smallest absolute Gasteiger partial charge is 0.251 e. The molecule has 1 aliphatic heterocycles. The van der Waals surface area contributed by atoms with Crippen molar-refractivity contribution in [2.24, 2.45) is 5.92 Å². The van der Waals surface area contributed by atoms with Crippen LogP contribution < -0.4 is 5.32 Å². The van der Waals surface area contributed by atoms with Gasteiger partial charge in [-0.25, -0.2) is 4.39 Å². The molecule has 0 saturated carbocycles. The number of rotatable bonds is 6. The lowest BCUT2D eigenvalue weighted by Gasteiger charge is -2.33. The highest BCUT2D eigenvalue weighted by Gasteiger charge is 2.23. The van der Waals surface area contributed by atoms with Gasteiger partial charge in [0.15, 0.2) is 0 Å². The third-order valence-corrected chi connectivity index (χ3v) is 4.29. The van der Waals surface area contributed by atoms with E-state index in [1.54, 1.807) is 0 Å². The molecule has 0 aromatic heterocycles. The van der Waals surface area contributed by atoms with E-state index >= 15 is 0 Å². The third-order valence-electron chi connectivity index (χ3n) is 4.29. The molecule has 1 N–H and O–H groups in total. The molecule has 1 heterocycles. The molecule has 6 heteroatoms. The highest BCUT2D eigenvalue weighted by Crippen LogP contribution is 2.15. The standard InChI is InChI=1S/C18H21FN4O/c19-16-5-3-15(4-6-16)18(24)22-17-7-10-23(11-8-17)13-14(12-21)2-1-9-20/h3-6,14,17H,1-2,7-8,10-11,13H2,(H,22,24)/t14-/m0/s1. The van der Waals surface area contributed by atoms with Gasteiger partial charge >= 0.3 is 0 Å². The van der Waals surface area contributed by atoms with Crippen molar-refractivity contribution >= 4 is 5.91 Å². The Morgan fingerprint density at radius 3 is 2.54 bits per heavy atom. The summed E-state index contributed by atoms with van der Waals surface area (Å²) < 4.78 is 12.9. The molecule has 5 nitrogen and oxygen atoms in total. The average molecular weight is 328 g/mol. The lowest BCUT2D eigenvalue weighted by molar-refractivity contribution is 0.0908. The van der Waals surface area contributed by atoms with Gasteiger partial charge in [-0.15, -0.1) is 0 Å². The molecule has 1 amide bonds. The first-order chi connectivity index (χ1) is 11.6. The number of nitriles is 2. The molecule has 24 heavy (non-hydrogen) atoms. The van der Waals surface area contributed by atoms with Gasteiger partial charge in [0, 0.05) is 37.7 Å². The lowest BCUT2D eigenvalue weighted by Crippen LogP contribution is -2.45. The number of likely N-dealkylation sites (tertiary alicyclic amines) is 1. The Morgan fingerprint density at radius 1 is 1.29 bits per heavy atom. The molecule has 0 aliphatic carbocycles. The average Bonchev–Trinajstić information content (AvgIpc) is 2.60. The van der Waals surface area contributed by atoms with Gasteiger partial charge in [-0.1, -0.05) is 0 Å². The number of carbonyl (C=O) groups is 1. The molecular weight excluding hydrogens is 307 g/mol. The van der Waals surface area contributed by atoms with E-state index in [0.29, 0.717) is 24.9 Å². The van der Waals surface area contributed by atoms with Crippen molar-refractivity contribution < 1.29 is 9.18 Å². The van der Waals surface area contributed by atoms with E-state index in [1.807, 2.05) is 0 Å². The van der Waals surface area contributed by atoms with Crippen LogP contribution in [-0.2, 0) is 0 Å². The van der Waals surface area contributed by atoms with E-state index < -0.39 is 0 Å². The minimum Gasteiger partial charge on any atom is -0.349 e. The van der Waals surface area contributed by atoms with Crippen LogP contribution in [0.1, 0.15) is 36.0 Å². The lowest BCUT2D eigenvalue weighted by atomic mass is 10.0. The Kier molecular flexibility index (Phi) is 6.72. The summed E-state index contributed by atoms with van der Waals surface area (Å²) in [5.41, 5.74) is 0.458. The molecule has 1 saturated heterocycles. The fraction of sp³-hybridized carbons (Fsp3) is 0.500. The fourth-order valence-electron chi connectivity index (χ4n) is 2.88. The first kappa shape index (κ1) is 17.9. The summed E-state index contributed by atoms with van der Waals surface area (Å²) in [6, 6.07) is 9.95. The molecule has 1 aliphatic rings. The van der Waals surface area contributed by atoms with Crippen LogP contribution in [0.2, 0.25) is 0 Å². The number of halogens is 1. The number of amides is 1. The summed E-state index contributed by atoms with van der Waals surface area (Å²) in [6.07, 6.45) is 2.66. The van der Waals surface area contributed by atoms with Crippen LogP contribution in [0.3, 0.4) is 0 Å². The number of hydrogen-bond acceptors (Lipinski definition) is 4. The minimum absolute atomic E-state index is 0.0958. The number of hydrogen-bond donors (Lipinski definition) is 1. The third kappa shape index (κ3) is 5.33. The summed E-state index contributed by atoms with van der Waals surface area (Å²) in [6.45, 7) is 2.31. The van der Waals surface area contributed by atoms with Gasteiger partial charge in [-0.2, -0.15) is 10.5 Å². The van der Waals surface area contributed by atoms with Crippen molar-refractivity contribution in [3.63, 3.8) is 0 Å². The highest BCUT2D eigenvalue weighted by molar-refractivity contribution is 5.94. The summed E-state index contributed by atoms with van der Waals surface area (Å²) in [5, 5.41) is 20.7. The number of nitrogens with one attached hydrogen (secondary N) is 1. The Morgan fingerprint density at radius 2 is 1.96 bits per heavy atom. The van der Waals surface area contributed by atoms with Crippen LogP contribution >= 0.6 is 0 Å². The molecule has 1 fully saturated rings. The molecule has 1 atom stereocenters. The zero-order valence-corrected chi connectivity index (χ0v) is 13.5. The molecule has 2 rings (SSSR count). The molecule has 126 valence electrons. The van der Waals surface area contributed by atoms with Crippen LogP contribution in [0.25, 0.3) is 0 Å². The largest absolute Gasteiger partial charge is 0.349 e. The summed E-state index contributed by atoms with van der Waals surface area (Å²) >= 11 is 0. The molecular formula is C18H21FN4O. The van der Waals surface area contributed by atoms with Crippen LogP contribution in [0.4, 0.5) is 4.39 Å². The topological polar surface area (TPSA) is 79.9 Å². The first-order valence-corrected chi connectivity index (χ1v) is 8.17. The van der Waals surface area contributed by atoms with Crippen molar-refractivity contribution in [2.75, 3.05) is 19.6 Å². The van der Waals surface area contributed by atoms with Crippen LogP contribution in [-0.4, -0.2) is 36.5 Å². The first-order valence-electron chi connectivity index (χ1n) is 8.17. The maximum atomic E-state index is 12.9. The predicted octanol–water partition coefficient (Wildman–Crippen LogP) is 2.46. The quantitative estimate of drug-likeness (QED) is 0.870. The van der Waals surface area contributed by atoms with Crippen LogP contribution in [0, 0.1) is 34.4 Å². The van der Waals surface area contributed by atoms with E-state index in [-0.39, 0.29) is 23.7 Å². The predicted molar refractivity (Wildman–Crippen MR) is 87.3 cm³/mol. The van der Waals surface area contributed by atoms with Gasteiger partial charge in [0.25, 0.3) is 5.91 Å². The maximum absolute atomic E-state index is 12.9. The second-order valence-corrected chi connectivity index (χ2v) is 6.08. The number of piperidine rings is 1. The number of benzene rings is 1. The monoisotopic (exact) mass is 328 g/mol. The highest BCUT2D eigenvalue weighted by atomic mass is 19.1. The van der Waals surface area contributed by atoms with Crippen molar-refractivity contribution in [1.82, 2.24) is 10.2 Å². The molecule has 0 radical (unpaired) electrons.